The van der Waals surface area contributed by atoms with Crippen molar-refractivity contribution < 1.29 is 9.53 Å². The molecule has 0 spiro atoms. The zero-order chi connectivity index (χ0) is 20.2. The third kappa shape index (κ3) is 4.17. The molecule has 0 saturated carbocycles. The van der Waals surface area contributed by atoms with E-state index in [1.165, 1.54) is 0 Å². The minimum absolute atomic E-state index is 0.160. The van der Waals surface area contributed by atoms with Crippen LogP contribution in [0.3, 0.4) is 0 Å². The van der Waals surface area contributed by atoms with Gasteiger partial charge < -0.3 is 15.0 Å². The Morgan fingerprint density at radius 3 is 2.38 bits per heavy atom. The fraction of sp³-hybridized carbons (Fsp3) is 0.174. The first kappa shape index (κ1) is 18.8. The molecule has 0 aliphatic carbocycles. The zero-order valence-electron chi connectivity index (χ0n) is 16.4. The van der Waals surface area contributed by atoms with Gasteiger partial charge in [-0.05, 0) is 50.5 Å². The highest BCUT2D eigenvalue weighted by atomic mass is 16.5. The van der Waals surface area contributed by atoms with E-state index < -0.39 is 0 Å². The second-order valence-electron chi connectivity index (χ2n) is 7.00. The molecule has 4 aromatic rings. The molecule has 6 heteroatoms. The summed E-state index contributed by atoms with van der Waals surface area (Å²) in [4.78, 5) is 24.2. The Hall–Kier alpha value is -3.51. The average Bonchev–Trinajstić information content (AvgIpc) is 2.72. The number of nitrogens with one attached hydrogen (secondary N) is 1. The van der Waals surface area contributed by atoms with Crippen molar-refractivity contribution in [2.75, 3.05) is 27.2 Å². The number of amides is 1. The van der Waals surface area contributed by atoms with Crippen molar-refractivity contribution in [1.82, 2.24) is 20.2 Å². The van der Waals surface area contributed by atoms with Crippen LogP contribution < -0.4 is 10.1 Å². The van der Waals surface area contributed by atoms with Crippen molar-refractivity contribution in [3.8, 4) is 11.5 Å². The molecule has 3 aromatic carbocycles. The van der Waals surface area contributed by atoms with Gasteiger partial charge in [0.15, 0.2) is 5.75 Å². The topological polar surface area (TPSA) is 67.4 Å². The Kier molecular flexibility index (Phi) is 5.35. The van der Waals surface area contributed by atoms with E-state index in [-0.39, 0.29) is 5.91 Å². The van der Waals surface area contributed by atoms with Crippen LogP contribution in [0.5, 0.6) is 11.5 Å². The normalized spacial score (nSPS) is 11.1. The molecule has 0 saturated heterocycles. The van der Waals surface area contributed by atoms with Crippen LogP contribution in [0.1, 0.15) is 10.4 Å². The Morgan fingerprint density at radius 1 is 0.897 bits per heavy atom. The van der Waals surface area contributed by atoms with Gasteiger partial charge in [0.1, 0.15) is 16.8 Å². The lowest BCUT2D eigenvalue weighted by Gasteiger charge is -2.12. The van der Waals surface area contributed by atoms with Crippen LogP contribution in [0.4, 0.5) is 0 Å². The van der Waals surface area contributed by atoms with Crippen molar-refractivity contribution >= 4 is 28.0 Å². The van der Waals surface area contributed by atoms with Crippen molar-refractivity contribution in [1.29, 1.82) is 0 Å². The smallest absolute Gasteiger partial charge is 0.253 e. The monoisotopic (exact) mass is 386 g/mol. The SMILES string of the molecule is CN(C)CCNC(=O)c1cccc2nc3cccc(Oc4ccccc4)c3nc12. The number of carbonyl (C=O) groups excluding carboxylic acids is 1. The van der Waals surface area contributed by atoms with E-state index in [0.717, 1.165) is 17.8 Å². The maximum Gasteiger partial charge on any atom is 0.253 e. The summed E-state index contributed by atoms with van der Waals surface area (Å²) in [6, 6.07) is 20.6. The molecule has 0 atom stereocenters. The van der Waals surface area contributed by atoms with Crippen LogP contribution in [-0.4, -0.2) is 48.0 Å². The highest BCUT2D eigenvalue weighted by molar-refractivity contribution is 6.06. The van der Waals surface area contributed by atoms with E-state index >= 15 is 0 Å². The van der Waals surface area contributed by atoms with Crippen LogP contribution in [0.2, 0.25) is 0 Å². The van der Waals surface area contributed by atoms with Gasteiger partial charge in [0.25, 0.3) is 5.91 Å². The molecule has 0 bridgehead atoms. The molecule has 0 fully saturated rings. The van der Waals surface area contributed by atoms with Crippen molar-refractivity contribution in [2.24, 2.45) is 0 Å². The maximum atomic E-state index is 12.7. The molecule has 29 heavy (non-hydrogen) atoms. The summed E-state index contributed by atoms with van der Waals surface area (Å²) in [5.41, 5.74) is 3.08. The standard InChI is InChI=1S/C23H22N4O2/c1-27(2)15-14-24-23(28)17-10-6-11-18-21(17)26-22-19(25-18)12-7-13-20(22)29-16-8-4-3-5-9-16/h3-13H,14-15H2,1-2H3,(H,24,28). The third-order valence-electron chi connectivity index (χ3n) is 4.52. The quantitative estimate of drug-likeness (QED) is 0.510. The number of carbonyl (C=O) groups is 1. The highest BCUT2D eigenvalue weighted by Gasteiger charge is 2.14. The Morgan fingerprint density at radius 2 is 1.62 bits per heavy atom. The summed E-state index contributed by atoms with van der Waals surface area (Å²) >= 11 is 0. The van der Waals surface area contributed by atoms with Crippen molar-refractivity contribution in [2.45, 2.75) is 0 Å². The molecule has 0 radical (unpaired) electrons. The minimum Gasteiger partial charge on any atom is -0.455 e. The number of benzene rings is 3. The first-order chi connectivity index (χ1) is 14.1. The molecule has 0 aliphatic rings. The fourth-order valence-electron chi connectivity index (χ4n) is 3.06. The van der Waals surface area contributed by atoms with E-state index in [2.05, 4.69) is 5.32 Å². The van der Waals surface area contributed by atoms with Gasteiger partial charge in [-0.15, -0.1) is 0 Å². The number of rotatable bonds is 6. The van der Waals surface area contributed by atoms with Gasteiger partial charge in [0, 0.05) is 13.1 Å². The van der Waals surface area contributed by atoms with Crippen LogP contribution >= 0.6 is 0 Å². The van der Waals surface area contributed by atoms with Crippen LogP contribution in [0, 0.1) is 0 Å². The maximum absolute atomic E-state index is 12.7. The second kappa shape index (κ2) is 8.24. The molecule has 1 heterocycles. The molecule has 1 aromatic heterocycles. The summed E-state index contributed by atoms with van der Waals surface area (Å²) in [5.74, 6) is 1.16. The summed E-state index contributed by atoms with van der Waals surface area (Å²) in [5, 5.41) is 2.95. The number of ether oxygens (including phenoxy) is 1. The molecule has 0 aliphatic heterocycles. The fourth-order valence-corrected chi connectivity index (χ4v) is 3.06. The van der Waals surface area contributed by atoms with Gasteiger partial charge >= 0.3 is 0 Å². The minimum atomic E-state index is -0.160. The van der Waals surface area contributed by atoms with E-state index in [0.29, 0.717) is 34.4 Å². The Balaban J connectivity index is 1.75. The average molecular weight is 386 g/mol. The number of hydrogen-bond donors (Lipinski definition) is 1. The second-order valence-corrected chi connectivity index (χ2v) is 7.00. The van der Waals surface area contributed by atoms with Gasteiger partial charge in [0.2, 0.25) is 0 Å². The van der Waals surface area contributed by atoms with Gasteiger partial charge in [-0.3, -0.25) is 4.79 Å². The van der Waals surface area contributed by atoms with E-state index in [4.69, 9.17) is 14.7 Å². The number of likely N-dealkylation sites (N-methyl/N-ethyl adjacent to an activating group) is 1. The zero-order valence-corrected chi connectivity index (χ0v) is 16.4. The first-order valence-electron chi connectivity index (χ1n) is 9.47. The molecule has 0 unspecified atom stereocenters. The van der Waals surface area contributed by atoms with Crippen molar-refractivity contribution in [3.63, 3.8) is 0 Å². The Bertz CT molecular complexity index is 1160. The lowest BCUT2D eigenvalue weighted by Crippen LogP contribution is -2.31. The van der Waals surface area contributed by atoms with Crippen molar-refractivity contribution in [3.05, 3.63) is 72.3 Å². The summed E-state index contributed by atoms with van der Waals surface area (Å²) < 4.78 is 6.02. The largest absolute Gasteiger partial charge is 0.455 e. The molecule has 1 amide bonds. The molecule has 4 rings (SSSR count). The number of para-hydroxylation sites is 3. The Labute approximate surface area is 169 Å². The van der Waals surface area contributed by atoms with E-state index in [1.54, 1.807) is 6.07 Å². The molecule has 6 nitrogen and oxygen atoms in total. The number of aromatic nitrogens is 2. The summed E-state index contributed by atoms with van der Waals surface area (Å²) in [6.45, 7) is 1.33. The third-order valence-corrected chi connectivity index (χ3v) is 4.52. The first-order valence-corrected chi connectivity index (χ1v) is 9.47. The van der Waals surface area contributed by atoms with E-state index in [9.17, 15) is 4.79 Å². The molecular formula is C23H22N4O2. The van der Waals surface area contributed by atoms with Gasteiger partial charge in [-0.1, -0.05) is 30.3 Å². The van der Waals surface area contributed by atoms with Crippen LogP contribution in [0.25, 0.3) is 22.1 Å². The highest BCUT2D eigenvalue weighted by Crippen LogP contribution is 2.29. The van der Waals surface area contributed by atoms with Crippen LogP contribution in [0.15, 0.2) is 66.7 Å². The molecule has 1 N–H and O–H groups in total. The number of hydrogen-bond acceptors (Lipinski definition) is 5. The predicted octanol–water partition coefficient (Wildman–Crippen LogP) is 3.87. The predicted molar refractivity (Wildman–Crippen MR) is 114 cm³/mol. The number of fused-ring (bicyclic) bond motifs is 2. The molecular weight excluding hydrogens is 364 g/mol. The summed E-state index contributed by atoms with van der Waals surface area (Å²) in [6.07, 6.45) is 0. The van der Waals surface area contributed by atoms with Crippen LogP contribution in [-0.2, 0) is 0 Å². The van der Waals surface area contributed by atoms with E-state index in [1.807, 2.05) is 79.7 Å². The lowest BCUT2D eigenvalue weighted by atomic mass is 10.1. The lowest BCUT2D eigenvalue weighted by molar-refractivity contribution is 0.0952. The number of nitrogens with zero attached hydrogens (tertiary/aromatic N) is 3. The van der Waals surface area contributed by atoms with Gasteiger partial charge in [-0.2, -0.15) is 0 Å². The van der Waals surface area contributed by atoms with Gasteiger partial charge in [-0.25, -0.2) is 9.97 Å². The molecule has 146 valence electrons. The van der Waals surface area contributed by atoms with Gasteiger partial charge in [0.05, 0.1) is 16.6 Å². The summed E-state index contributed by atoms with van der Waals surface area (Å²) in [7, 11) is 3.94.